The molecule has 38 heavy (non-hydrogen) atoms. The van der Waals surface area contributed by atoms with Gasteiger partial charge >= 0.3 is 0 Å². The first-order chi connectivity index (χ1) is 18.1. The maximum absolute atomic E-state index is 2.50. The molecule has 0 bridgehead atoms. The van der Waals surface area contributed by atoms with E-state index >= 15 is 0 Å². The summed E-state index contributed by atoms with van der Waals surface area (Å²) in [5.74, 6) is 0. The van der Waals surface area contributed by atoms with Crippen molar-refractivity contribution in [1.82, 2.24) is 0 Å². The standard InChI is InChI=1S/C38H48/c1-9-17-29-28(4)32(18-10-2)37(7,33(29)19-11-3)26-24-36(5,6)25-27-38(8)34-22-14-12-13-20-30(34)31-21-15-16-23-35(31)38/h9-21,23H,22,24-27H2,1-8H3/b17-9-,18-10-,19-11-. The van der Waals surface area contributed by atoms with Gasteiger partial charge in [-0.3, -0.25) is 0 Å². The number of hydrogen-bond donors (Lipinski definition) is 0. The molecule has 0 fully saturated rings. The van der Waals surface area contributed by atoms with Crippen molar-refractivity contribution in [3.05, 3.63) is 124 Å². The van der Waals surface area contributed by atoms with Gasteiger partial charge in [0.1, 0.15) is 0 Å². The predicted octanol–water partition coefficient (Wildman–Crippen LogP) is 11.2. The molecule has 200 valence electrons. The highest BCUT2D eigenvalue weighted by molar-refractivity contribution is 5.86. The summed E-state index contributed by atoms with van der Waals surface area (Å²) in [6, 6.07) is 9.13. The quantitative estimate of drug-likeness (QED) is 0.314. The van der Waals surface area contributed by atoms with Crippen molar-refractivity contribution in [3.8, 4) is 0 Å². The summed E-state index contributed by atoms with van der Waals surface area (Å²) >= 11 is 0. The van der Waals surface area contributed by atoms with E-state index in [2.05, 4.69) is 140 Å². The molecule has 0 spiro atoms. The maximum atomic E-state index is 2.50. The third-order valence-corrected chi connectivity index (χ3v) is 9.53. The Labute approximate surface area is 233 Å². The molecule has 0 aliphatic heterocycles. The lowest BCUT2D eigenvalue weighted by Gasteiger charge is -2.37. The average molecular weight is 505 g/mol. The zero-order chi connectivity index (χ0) is 27.6. The minimum absolute atomic E-state index is 0.0334. The summed E-state index contributed by atoms with van der Waals surface area (Å²) in [5, 5.41) is 0. The van der Waals surface area contributed by atoms with Gasteiger partial charge in [0, 0.05) is 10.8 Å². The lowest BCUT2D eigenvalue weighted by Crippen LogP contribution is -2.27. The van der Waals surface area contributed by atoms with Gasteiger partial charge in [0.25, 0.3) is 0 Å². The van der Waals surface area contributed by atoms with Crippen LogP contribution >= 0.6 is 0 Å². The van der Waals surface area contributed by atoms with Crippen LogP contribution in [0.5, 0.6) is 0 Å². The van der Waals surface area contributed by atoms with Crippen LogP contribution in [-0.2, 0) is 5.41 Å². The summed E-state index contributed by atoms with van der Waals surface area (Å²) in [4.78, 5) is 0. The largest absolute Gasteiger partial charge is 0.0873 e. The topological polar surface area (TPSA) is 0 Å². The van der Waals surface area contributed by atoms with Crippen LogP contribution in [0.25, 0.3) is 5.57 Å². The number of benzene rings is 1. The molecule has 0 aromatic heterocycles. The van der Waals surface area contributed by atoms with E-state index in [0.29, 0.717) is 0 Å². The molecule has 0 nitrogen and oxygen atoms in total. The summed E-state index contributed by atoms with van der Waals surface area (Å²) in [6.07, 6.45) is 28.6. The number of hydrogen-bond acceptors (Lipinski definition) is 0. The Hall–Kier alpha value is -2.86. The second-order valence-electron chi connectivity index (χ2n) is 12.6. The normalized spacial score (nSPS) is 25.6. The second kappa shape index (κ2) is 11.1. The SMILES string of the molecule is C/C=C\C1=C(/C=C\C)C(C)(CCC(C)(C)CCC2(C)C3=C(C=CC=CC3)c3ccccc32)C(/C=C\C)=C1C. The van der Waals surface area contributed by atoms with E-state index in [-0.39, 0.29) is 16.2 Å². The van der Waals surface area contributed by atoms with Crippen molar-refractivity contribution in [3.63, 3.8) is 0 Å². The molecule has 1 aromatic rings. The number of allylic oxidation sites excluding steroid dienone is 16. The van der Waals surface area contributed by atoms with Gasteiger partial charge in [-0.15, -0.1) is 0 Å². The Morgan fingerprint density at radius 1 is 0.816 bits per heavy atom. The van der Waals surface area contributed by atoms with Crippen LogP contribution in [-0.4, -0.2) is 0 Å². The zero-order valence-corrected chi connectivity index (χ0v) is 25.1. The van der Waals surface area contributed by atoms with Crippen LogP contribution in [0.4, 0.5) is 0 Å². The molecule has 0 radical (unpaired) electrons. The predicted molar refractivity (Wildman–Crippen MR) is 168 cm³/mol. The van der Waals surface area contributed by atoms with Crippen molar-refractivity contribution in [1.29, 1.82) is 0 Å². The highest BCUT2D eigenvalue weighted by atomic mass is 14.5. The Kier molecular flexibility index (Phi) is 8.22. The first-order valence-corrected chi connectivity index (χ1v) is 14.6. The lowest BCUT2D eigenvalue weighted by molar-refractivity contribution is 0.240. The van der Waals surface area contributed by atoms with E-state index in [0.717, 1.165) is 12.8 Å². The molecule has 1 aromatic carbocycles. The van der Waals surface area contributed by atoms with E-state index in [1.165, 1.54) is 58.3 Å². The summed E-state index contributed by atoms with van der Waals surface area (Å²) in [7, 11) is 0. The molecule has 0 heterocycles. The van der Waals surface area contributed by atoms with Gasteiger partial charge in [0.15, 0.2) is 0 Å². The Bertz CT molecular complexity index is 1310. The van der Waals surface area contributed by atoms with Gasteiger partial charge in [-0.25, -0.2) is 0 Å². The fraction of sp³-hybridized carbons (Fsp3) is 0.421. The Morgan fingerprint density at radius 2 is 1.45 bits per heavy atom. The molecular formula is C38H48. The fourth-order valence-corrected chi connectivity index (χ4v) is 7.12. The molecule has 0 amide bonds. The lowest BCUT2D eigenvalue weighted by atomic mass is 9.67. The summed E-state index contributed by atoms with van der Waals surface area (Å²) in [5.41, 5.74) is 12.2. The van der Waals surface area contributed by atoms with Crippen molar-refractivity contribution < 1.29 is 0 Å². The van der Waals surface area contributed by atoms with Crippen LogP contribution in [0, 0.1) is 10.8 Å². The molecule has 0 heteroatoms. The second-order valence-corrected chi connectivity index (χ2v) is 12.6. The smallest absolute Gasteiger partial charge is 0.0183 e. The maximum Gasteiger partial charge on any atom is 0.0183 e. The minimum Gasteiger partial charge on any atom is -0.0873 e. The molecule has 3 aliphatic rings. The Balaban J connectivity index is 1.59. The van der Waals surface area contributed by atoms with E-state index in [4.69, 9.17) is 0 Å². The van der Waals surface area contributed by atoms with E-state index in [1.807, 2.05) is 0 Å². The monoisotopic (exact) mass is 504 g/mol. The van der Waals surface area contributed by atoms with E-state index in [9.17, 15) is 0 Å². The zero-order valence-electron chi connectivity index (χ0n) is 25.1. The molecule has 2 unspecified atom stereocenters. The van der Waals surface area contributed by atoms with Crippen molar-refractivity contribution in [2.75, 3.05) is 0 Å². The van der Waals surface area contributed by atoms with Gasteiger partial charge in [0.2, 0.25) is 0 Å². The van der Waals surface area contributed by atoms with Crippen LogP contribution in [0.1, 0.15) is 98.6 Å². The van der Waals surface area contributed by atoms with Crippen molar-refractivity contribution >= 4 is 5.57 Å². The van der Waals surface area contributed by atoms with Gasteiger partial charge < -0.3 is 0 Å². The van der Waals surface area contributed by atoms with Crippen LogP contribution in [0.15, 0.2) is 113 Å². The molecule has 0 saturated heterocycles. The number of fused-ring (bicyclic) bond motifs is 2. The van der Waals surface area contributed by atoms with Crippen molar-refractivity contribution in [2.24, 2.45) is 10.8 Å². The third-order valence-electron chi connectivity index (χ3n) is 9.53. The van der Waals surface area contributed by atoms with Crippen molar-refractivity contribution in [2.45, 2.75) is 92.9 Å². The molecule has 3 aliphatic carbocycles. The first-order valence-electron chi connectivity index (χ1n) is 14.6. The third kappa shape index (κ3) is 4.95. The molecule has 0 N–H and O–H groups in total. The average Bonchev–Trinajstić information content (AvgIpc) is 3.11. The molecule has 0 saturated carbocycles. The fourth-order valence-electron chi connectivity index (χ4n) is 7.12. The summed E-state index contributed by atoms with van der Waals surface area (Å²) < 4.78 is 0. The molecular weight excluding hydrogens is 456 g/mol. The van der Waals surface area contributed by atoms with Gasteiger partial charge in [-0.2, -0.15) is 0 Å². The van der Waals surface area contributed by atoms with Gasteiger partial charge in [0.05, 0.1) is 0 Å². The van der Waals surface area contributed by atoms with E-state index < -0.39 is 0 Å². The highest BCUT2D eigenvalue weighted by Gasteiger charge is 2.42. The molecule has 4 rings (SSSR count). The van der Waals surface area contributed by atoms with Gasteiger partial charge in [-0.05, 0) is 110 Å². The van der Waals surface area contributed by atoms with E-state index in [1.54, 1.807) is 5.57 Å². The minimum atomic E-state index is 0.0334. The summed E-state index contributed by atoms with van der Waals surface area (Å²) in [6.45, 7) is 18.7. The van der Waals surface area contributed by atoms with Crippen LogP contribution < -0.4 is 0 Å². The van der Waals surface area contributed by atoms with Crippen LogP contribution in [0.2, 0.25) is 0 Å². The Morgan fingerprint density at radius 3 is 2.13 bits per heavy atom. The first kappa shape index (κ1) is 28.2. The number of rotatable bonds is 9. The highest BCUT2D eigenvalue weighted by Crippen LogP contribution is 2.55. The van der Waals surface area contributed by atoms with Gasteiger partial charge in [-0.1, -0.05) is 113 Å². The van der Waals surface area contributed by atoms with Crippen LogP contribution in [0.3, 0.4) is 0 Å². The molecule has 2 atom stereocenters.